The summed E-state index contributed by atoms with van der Waals surface area (Å²) < 4.78 is 0. The van der Waals surface area contributed by atoms with E-state index >= 15 is 0 Å². The zero-order chi connectivity index (χ0) is 18.6. The SMILES string of the molecule is CCNC(=NCC(=O)N1CCc2ccccc2C1)N1CCc2ccccc21.I. The minimum atomic E-state index is 0. The van der Waals surface area contributed by atoms with Crippen molar-refractivity contribution in [2.75, 3.05) is 31.1 Å². The van der Waals surface area contributed by atoms with Crippen LogP contribution in [0.5, 0.6) is 0 Å². The lowest BCUT2D eigenvalue weighted by molar-refractivity contribution is -0.130. The number of nitrogens with one attached hydrogen (secondary N) is 1. The molecular formula is C22H27IN4O. The van der Waals surface area contributed by atoms with Crippen molar-refractivity contribution in [3.8, 4) is 0 Å². The van der Waals surface area contributed by atoms with Crippen LogP contribution in [0.1, 0.15) is 23.6 Å². The average molecular weight is 490 g/mol. The van der Waals surface area contributed by atoms with Crippen molar-refractivity contribution in [1.82, 2.24) is 10.2 Å². The van der Waals surface area contributed by atoms with E-state index in [1.165, 1.54) is 22.4 Å². The lowest BCUT2D eigenvalue weighted by Gasteiger charge is -2.29. The number of amides is 1. The van der Waals surface area contributed by atoms with Gasteiger partial charge < -0.3 is 15.1 Å². The lowest BCUT2D eigenvalue weighted by Crippen LogP contribution is -2.42. The number of anilines is 1. The van der Waals surface area contributed by atoms with E-state index in [1.54, 1.807) is 0 Å². The average Bonchev–Trinajstić information content (AvgIpc) is 3.14. The molecule has 0 unspecified atom stereocenters. The maximum absolute atomic E-state index is 12.7. The molecule has 0 aliphatic carbocycles. The van der Waals surface area contributed by atoms with E-state index in [0.717, 1.165) is 38.4 Å². The maximum Gasteiger partial charge on any atom is 0.244 e. The van der Waals surface area contributed by atoms with Crippen LogP contribution in [-0.4, -0.2) is 42.9 Å². The van der Waals surface area contributed by atoms with Gasteiger partial charge >= 0.3 is 0 Å². The van der Waals surface area contributed by atoms with Crippen LogP contribution in [0.4, 0.5) is 5.69 Å². The molecule has 2 aromatic rings. The molecule has 2 aliphatic rings. The molecule has 2 aliphatic heterocycles. The number of rotatable bonds is 3. The molecule has 0 saturated heterocycles. The molecule has 5 nitrogen and oxygen atoms in total. The van der Waals surface area contributed by atoms with Crippen LogP contribution >= 0.6 is 24.0 Å². The third-order valence-corrected chi connectivity index (χ3v) is 5.33. The Morgan fingerprint density at radius 2 is 1.68 bits per heavy atom. The zero-order valence-corrected chi connectivity index (χ0v) is 18.6. The van der Waals surface area contributed by atoms with Gasteiger partial charge in [-0.2, -0.15) is 0 Å². The lowest BCUT2D eigenvalue weighted by atomic mass is 10.00. The third kappa shape index (κ3) is 4.32. The molecule has 2 heterocycles. The molecule has 6 heteroatoms. The van der Waals surface area contributed by atoms with Gasteiger partial charge in [-0.25, -0.2) is 4.99 Å². The first-order chi connectivity index (χ1) is 13.3. The molecule has 4 rings (SSSR count). The summed E-state index contributed by atoms with van der Waals surface area (Å²) in [5.41, 5.74) is 5.13. The van der Waals surface area contributed by atoms with Crippen LogP contribution in [0, 0.1) is 0 Å². The molecule has 0 spiro atoms. The van der Waals surface area contributed by atoms with Crippen molar-refractivity contribution in [2.45, 2.75) is 26.3 Å². The molecule has 0 bridgehead atoms. The highest BCUT2D eigenvalue weighted by Crippen LogP contribution is 2.27. The van der Waals surface area contributed by atoms with E-state index in [-0.39, 0.29) is 36.4 Å². The van der Waals surface area contributed by atoms with Gasteiger partial charge in [-0.05, 0) is 42.5 Å². The Morgan fingerprint density at radius 3 is 2.46 bits per heavy atom. The van der Waals surface area contributed by atoms with Crippen molar-refractivity contribution < 1.29 is 4.79 Å². The fourth-order valence-corrected chi connectivity index (χ4v) is 3.90. The summed E-state index contributed by atoms with van der Waals surface area (Å²) in [7, 11) is 0. The standard InChI is InChI=1S/C22H26N4O.HI/c1-2-23-22(26-14-12-18-8-5-6-10-20(18)26)24-15-21(27)25-13-11-17-7-3-4-9-19(17)16-25;/h3-10H,2,11-16H2,1H3,(H,23,24);1H. The van der Waals surface area contributed by atoms with Gasteiger partial charge in [0.15, 0.2) is 5.96 Å². The van der Waals surface area contributed by atoms with Crippen molar-refractivity contribution in [2.24, 2.45) is 4.99 Å². The largest absolute Gasteiger partial charge is 0.356 e. The van der Waals surface area contributed by atoms with Gasteiger partial charge in [0, 0.05) is 31.9 Å². The van der Waals surface area contributed by atoms with Gasteiger partial charge in [0.1, 0.15) is 6.54 Å². The number of fused-ring (bicyclic) bond motifs is 2. The second-order valence-electron chi connectivity index (χ2n) is 7.03. The smallest absolute Gasteiger partial charge is 0.244 e. The zero-order valence-electron chi connectivity index (χ0n) is 16.2. The molecule has 148 valence electrons. The maximum atomic E-state index is 12.7. The normalized spacial score (nSPS) is 15.5. The van der Waals surface area contributed by atoms with Gasteiger partial charge in [-0.1, -0.05) is 42.5 Å². The number of nitrogens with zero attached hydrogens (tertiary/aromatic N) is 3. The van der Waals surface area contributed by atoms with Crippen LogP contribution in [0.3, 0.4) is 0 Å². The molecule has 2 aromatic carbocycles. The number of benzene rings is 2. The van der Waals surface area contributed by atoms with E-state index in [0.29, 0.717) is 6.54 Å². The predicted octanol–water partition coefficient (Wildman–Crippen LogP) is 3.22. The summed E-state index contributed by atoms with van der Waals surface area (Å²) in [6, 6.07) is 16.8. The van der Waals surface area contributed by atoms with Crippen LogP contribution in [0.2, 0.25) is 0 Å². The number of carbonyl (C=O) groups is 1. The molecule has 0 saturated carbocycles. The second kappa shape index (κ2) is 9.41. The first-order valence-corrected chi connectivity index (χ1v) is 9.74. The summed E-state index contributed by atoms with van der Waals surface area (Å²) >= 11 is 0. The molecule has 0 fully saturated rings. The summed E-state index contributed by atoms with van der Waals surface area (Å²) in [4.78, 5) is 21.5. The number of carbonyl (C=O) groups excluding carboxylic acids is 1. The van der Waals surface area contributed by atoms with E-state index in [9.17, 15) is 4.79 Å². The molecule has 0 radical (unpaired) electrons. The van der Waals surface area contributed by atoms with Crippen molar-refractivity contribution in [3.05, 3.63) is 65.2 Å². The Labute approximate surface area is 183 Å². The van der Waals surface area contributed by atoms with E-state index in [2.05, 4.69) is 64.6 Å². The molecule has 0 atom stereocenters. The summed E-state index contributed by atoms with van der Waals surface area (Å²) in [5, 5.41) is 3.34. The van der Waals surface area contributed by atoms with Crippen molar-refractivity contribution >= 4 is 41.5 Å². The van der Waals surface area contributed by atoms with Crippen molar-refractivity contribution in [3.63, 3.8) is 0 Å². The van der Waals surface area contributed by atoms with Crippen LogP contribution < -0.4 is 10.2 Å². The summed E-state index contributed by atoms with van der Waals surface area (Å²) in [6.45, 7) is 5.38. The topological polar surface area (TPSA) is 47.9 Å². The van der Waals surface area contributed by atoms with Crippen molar-refractivity contribution in [1.29, 1.82) is 0 Å². The van der Waals surface area contributed by atoms with Gasteiger partial charge in [0.2, 0.25) is 5.91 Å². The Morgan fingerprint density at radius 1 is 1.00 bits per heavy atom. The molecule has 1 amide bonds. The number of para-hydroxylation sites is 1. The van der Waals surface area contributed by atoms with Gasteiger partial charge in [-0.15, -0.1) is 24.0 Å². The van der Waals surface area contributed by atoms with E-state index in [1.807, 2.05) is 11.0 Å². The Bertz CT molecular complexity index is 867. The number of hydrogen-bond donors (Lipinski definition) is 1. The fraction of sp³-hybridized carbons (Fsp3) is 0.364. The van der Waals surface area contributed by atoms with Gasteiger partial charge in [0.25, 0.3) is 0 Å². The fourth-order valence-electron chi connectivity index (χ4n) is 3.90. The highest BCUT2D eigenvalue weighted by Gasteiger charge is 2.24. The minimum Gasteiger partial charge on any atom is -0.356 e. The monoisotopic (exact) mass is 490 g/mol. The number of halogens is 1. The van der Waals surface area contributed by atoms with E-state index in [4.69, 9.17) is 0 Å². The Hall–Kier alpha value is -2.09. The van der Waals surface area contributed by atoms with Crippen LogP contribution in [0.25, 0.3) is 0 Å². The van der Waals surface area contributed by atoms with Crippen LogP contribution in [0.15, 0.2) is 53.5 Å². The summed E-state index contributed by atoms with van der Waals surface area (Å²) in [6.07, 6.45) is 1.93. The minimum absolute atomic E-state index is 0. The second-order valence-corrected chi connectivity index (χ2v) is 7.03. The van der Waals surface area contributed by atoms with Gasteiger partial charge in [-0.3, -0.25) is 4.79 Å². The number of guanidine groups is 1. The molecular weight excluding hydrogens is 463 g/mol. The quantitative estimate of drug-likeness (QED) is 0.409. The number of hydrogen-bond acceptors (Lipinski definition) is 2. The third-order valence-electron chi connectivity index (χ3n) is 5.33. The Balaban J connectivity index is 0.00000225. The first kappa shape index (κ1) is 20.6. The van der Waals surface area contributed by atoms with E-state index < -0.39 is 0 Å². The van der Waals surface area contributed by atoms with Crippen LogP contribution in [-0.2, 0) is 24.2 Å². The molecule has 0 aromatic heterocycles. The predicted molar refractivity (Wildman–Crippen MR) is 124 cm³/mol. The highest BCUT2D eigenvalue weighted by molar-refractivity contribution is 14.0. The molecule has 1 N–H and O–H groups in total. The highest BCUT2D eigenvalue weighted by atomic mass is 127. The summed E-state index contributed by atoms with van der Waals surface area (Å²) in [5.74, 6) is 0.889. The first-order valence-electron chi connectivity index (χ1n) is 9.74. The van der Waals surface area contributed by atoms with Gasteiger partial charge in [0.05, 0.1) is 0 Å². The Kier molecular flexibility index (Phi) is 6.93. The number of aliphatic imine (C=N–C) groups is 1. The molecule has 28 heavy (non-hydrogen) atoms.